The Morgan fingerprint density at radius 3 is 2.71 bits per heavy atom. The van der Waals surface area contributed by atoms with Crippen LogP contribution >= 0.6 is 0 Å². The highest BCUT2D eigenvalue weighted by Crippen LogP contribution is 2.22. The van der Waals surface area contributed by atoms with Gasteiger partial charge in [-0.2, -0.15) is 0 Å². The smallest absolute Gasteiger partial charge is 0.251 e. The van der Waals surface area contributed by atoms with Crippen LogP contribution in [0.5, 0.6) is 5.75 Å². The minimum Gasteiger partial charge on any atom is -0.489 e. The lowest BCUT2D eigenvalue weighted by atomic mass is 9.91. The van der Waals surface area contributed by atoms with Crippen LogP contribution in [0, 0.1) is 12.8 Å². The Labute approximate surface area is 202 Å². The summed E-state index contributed by atoms with van der Waals surface area (Å²) in [6.07, 6.45) is 0.695. The Balaban J connectivity index is 1.40. The van der Waals surface area contributed by atoms with E-state index in [1.54, 1.807) is 29.7 Å². The maximum absolute atomic E-state index is 12.9. The van der Waals surface area contributed by atoms with E-state index in [4.69, 9.17) is 9.94 Å². The molecular weight excluding hydrogens is 448 g/mol. The van der Waals surface area contributed by atoms with E-state index in [-0.39, 0.29) is 37.1 Å². The van der Waals surface area contributed by atoms with Crippen LogP contribution in [0.4, 0.5) is 0 Å². The molecule has 0 unspecified atom stereocenters. The molecule has 0 aliphatic carbocycles. The summed E-state index contributed by atoms with van der Waals surface area (Å²) in [6.45, 7) is 2.53. The Hall–Kier alpha value is -3.98. The number of nitrogens with one attached hydrogen (secondary N) is 3. The predicted octanol–water partition coefficient (Wildman–Crippen LogP) is 2.64. The fourth-order valence-corrected chi connectivity index (χ4v) is 4.32. The van der Waals surface area contributed by atoms with E-state index >= 15 is 0 Å². The predicted molar refractivity (Wildman–Crippen MR) is 129 cm³/mol. The van der Waals surface area contributed by atoms with E-state index in [0.29, 0.717) is 24.3 Å². The molecule has 182 valence electrons. The number of fused-ring (bicyclic) bond motifs is 1. The van der Waals surface area contributed by atoms with Crippen molar-refractivity contribution < 1.29 is 24.3 Å². The van der Waals surface area contributed by atoms with E-state index in [9.17, 15) is 14.4 Å². The molecule has 1 aliphatic heterocycles. The maximum Gasteiger partial charge on any atom is 0.251 e. The third-order valence-electron chi connectivity index (χ3n) is 6.16. The van der Waals surface area contributed by atoms with Gasteiger partial charge in [0.25, 0.3) is 5.91 Å². The number of para-hydroxylation sites is 1. The number of ether oxygens (including phenoxy) is 1. The third kappa shape index (κ3) is 6.13. The van der Waals surface area contributed by atoms with Crippen LogP contribution in [0.3, 0.4) is 0 Å². The molecule has 3 aromatic rings. The van der Waals surface area contributed by atoms with Crippen molar-refractivity contribution in [1.29, 1.82) is 0 Å². The zero-order chi connectivity index (χ0) is 24.8. The van der Waals surface area contributed by atoms with Crippen molar-refractivity contribution in [2.75, 3.05) is 6.54 Å². The van der Waals surface area contributed by atoms with E-state index in [1.165, 1.54) is 0 Å². The first-order chi connectivity index (χ1) is 16.9. The molecule has 0 radical (unpaired) electrons. The number of aromatic nitrogens is 1. The molecule has 0 bridgehead atoms. The fraction of sp³-hybridized carbons (Fsp3) is 0.308. The van der Waals surface area contributed by atoms with Gasteiger partial charge >= 0.3 is 0 Å². The monoisotopic (exact) mass is 476 g/mol. The number of carbonyl (C=O) groups is 3. The number of hydrogen-bond donors (Lipinski definition) is 4. The zero-order valence-corrected chi connectivity index (χ0v) is 19.4. The number of hydrogen-bond acceptors (Lipinski definition) is 6. The summed E-state index contributed by atoms with van der Waals surface area (Å²) < 4.78 is 5.97. The van der Waals surface area contributed by atoms with Crippen molar-refractivity contribution >= 4 is 28.6 Å². The first-order valence-electron chi connectivity index (χ1n) is 11.5. The molecule has 2 aromatic carbocycles. The van der Waals surface area contributed by atoms with Gasteiger partial charge in [0, 0.05) is 47.6 Å². The number of benzene rings is 2. The van der Waals surface area contributed by atoms with Gasteiger partial charge in [-0.25, -0.2) is 5.48 Å². The Bertz CT molecular complexity index is 1230. The number of amides is 3. The lowest BCUT2D eigenvalue weighted by Crippen LogP contribution is -2.46. The van der Waals surface area contributed by atoms with Crippen LogP contribution in [0.15, 0.2) is 54.6 Å². The largest absolute Gasteiger partial charge is 0.489 e. The molecule has 1 saturated heterocycles. The van der Waals surface area contributed by atoms with E-state index in [2.05, 4.69) is 15.6 Å². The second kappa shape index (κ2) is 11.0. The Morgan fingerprint density at radius 1 is 1.17 bits per heavy atom. The highest BCUT2D eigenvalue weighted by atomic mass is 16.5. The van der Waals surface area contributed by atoms with Crippen LogP contribution in [-0.2, 0) is 16.2 Å². The van der Waals surface area contributed by atoms with Crippen molar-refractivity contribution in [3.8, 4) is 5.75 Å². The second-order valence-electron chi connectivity index (χ2n) is 8.67. The molecule has 1 fully saturated rings. The van der Waals surface area contributed by atoms with Gasteiger partial charge in [-0.15, -0.1) is 0 Å². The lowest BCUT2D eigenvalue weighted by Gasteiger charge is -2.25. The molecule has 0 saturated carbocycles. The molecular formula is C26H28N4O5. The van der Waals surface area contributed by atoms with E-state index < -0.39 is 11.9 Å². The highest BCUT2D eigenvalue weighted by molar-refractivity contribution is 5.94. The second-order valence-corrected chi connectivity index (χ2v) is 8.67. The molecule has 0 spiro atoms. The summed E-state index contributed by atoms with van der Waals surface area (Å²) in [5, 5.41) is 15.6. The van der Waals surface area contributed by atoms with Crippen LogP contribution < -0.4 is 20.9 Å². The molecule has 9 heteroatoms. The summed E-state index contributed by atoms with van der Waals surface area (Å²) in [5.41, 5.74) is 4.92. The number of carbonyl (C=O) groups excluding carboxylic acids is 3. The molecule has 2 heterocycles. The highest BCUT2D eigenvalue weighted by Gasteiger charge is 2.29. The first kappa shape index (κ1) is 24.2. The van der Waals surface area contributed by atoms with Gasteiger partial charge in [0.15, 0.2) is 0 Å². The molecule has 2 atom stereocenters. The lowest BCUT2D eigenvalue weighted by molar-refractivity contribution is -0.130. The number of pyridine rings is 1. The van der Waals surface area contributed by atoms with Crippen molar-refractivity contribution in [1.82, 2.24) is 21.1 Å². The van der Waals surface area contributed by atoms with Gasteiger partial charge in [0.2, 0.25) is 11.8 Å². The van der Waals surface area contributed by atoms with Gasteiger partial charge in [-0.1, -0.05) is 18.2 Å². The van der Waals surface area contributed by atoms with Crippen LogP contribution in [0.2, 0.25) is 0 Å². The summed E-state index contributed by atoms with van der Waals surface area (Å²) in [7, 11) is 0. The van der Waals surface area contributed by atoms with Crippen LogP contribution in [0.1, 0.15) is 40.9 Å². The maximum atomic E-state index is 12.9. The van der Waals surface area contributed by atoms with Crippen molar-refractivity contribution in [3.05, 3.63) is 71.4 Å². The van der Waals surface area contributed by atoms with Crippen molar-refractivity contribution in [2.24, 2.45) is 5.92 Å². The minimum absolute atomic E-state index is 0.00630. The molecule has 1 aliphatic rings. The molecule has 9 nitrogen and oxygen atoms in total. The summed E-state index contributed by atoms with van der Waals surface area (Å²) in [4.78, 5) is 40.9. The first-order valence-corrected chi connectivity index (χ1v) is 11.5. The number of nitrogens with zero attached hydrogens (tertiary/aromatic N) is 1. The van der Waals surface area contributed by atoms with Crippen LogP contribution in [-0.4, -0.2) is 40.5 Å². The molecule has 4 N–H and O–H groups in total. The molecule has 3 amide bonds. The quantitative estimate of drug-likeness (QED) is 0.306. The summed E-state index contributed by atoms with van der Waals surface area (Å²) in [5.74, 6) is -0.662. The van der Waals surface area contributed by atoms with Gasteiger partial charge in [-0.05, 0) is 55.7 Å². The normalized spacial score (nSPS) is 17.8. The summed E-state index contributed by atoms with van der Waals surface area (Å²) in [6, 6.07) is 16.3. The number of aryl methyl sites for hydroxylation is 1. The average Bonchev–Trinajstić information content (AvgIpc) is 3.03. The van der Waals surface area contributed by atoms with E-state index in [1.807, 2.05) is 37.3 Å². The van der Waals surface area contributed by atoms with Gasteiger partial charge in [0.05, 0.1) is 5.52 Å². The topological polar surface area (TPSA) is 130 Å². The van der Waals surface area contributed by atoms with E-state index in [0.717, 1.165) is 22.2 Å². The number of rotatable bonds is 7. The third-order valence-corrected chi connectivity index (χ3v) is 6.16. The number of hydroxylamine groups is 1. The molecule has 4 rings (SSSR count). The Kier molecular flexibility index (Phi) is 7.57. The van der Waals surface area contributed by atoms with Gasteiger partial charge in [0.1, 0.15) is 12.4 Å². The fourth-order valence-electron chi connectivity index (χ4n) is 4.32. The molecule has 1 aromatic heterocycles. The summed E-state index contributed by atoms with van der Waals surface area (Å²) >= 11 is 0. The zero-order valence-electron chi connectivity index (χ0n) is 19.4. The van der Waals surface area contributed by atoms with Crippen molar-refractivity contribution in [2.45, 2.75) is 38.8 Å². The molecule has 35 heavy (non-hydrogen) atoms. The Morgan fingerprint density at radius 2 is 1.94 bits per heavy atom. The average molecular weight is 477 g/mol. The minimum atomic E-state index is -0.553. The van der Waals surface area contributed by atoms with Crippen molar-refractivity contribution in [3.63, 3.8) is 0 Å². The SMILES string of the molecule is Cc1cc(COc2ccc(C(=O)N[C@@H]3CNC(=O)CC[C@H]3CC(=O)NO)cc2)c2ccccc2n1. The van der Waals surface area contributed by atoms with Crippen LogP contribution in [0.25, 0.3) is 10.9 Å². The van der Waals surface area contributed by atoms with Gasteiger partial charge in [-0.3, -0.25) is 24.6 Å². The standard InChI is InChI=1S/C26H28N4O5/c1-16-12-19(21-4-2-3-5-22(21)28-16)15-35-20-9-6-17(7-10-20)26(33)29-23-14-27-24(31)11-8-18(23)13-25(32)30-34/h2-7,9-10,12,18,23,34H,8,11,13-15H2,1H3,(H,27,31)(H,29,33)(H,30,32)/t18-,23+/m0/s1. The van der Waals surface area contributed by atoms with Gasteiger partial charge < -0.3 is 15.4 Å².